The molecule has 1 nitrogen and oxygen atoms in total. The van der Waals surface area contributed by atoms with Crippen molar-refractivity contribution in [1.82, 2.24) is 0 Å². The minimum Gasteiger partial charge on any atom is -0.456 e. The molecule has 0 spiro atoms. The normalized spacial score (nSPS) is 15.2. The van der Waals surface area contributed by atoms with Gasteiger partial charge in [0.1, 0.15) is 11.2 Å². The zero-order valence-corrected chi connectivity index (χ0v) is 23.4. The van der Waals surface area contributed by atoms with Crippen LogP contribution in [-0.2, 0) is 5.41 Å². The van der Waals surface area contributed by atoms with E-state index in [0.717, 1.165) is 11.2 Å². The summed E-state index contributed by atoms with van der Waals surface area (Å²) in [5.74, 6) is 0. The highest BCUT2D eigenvalue weighted by molar-refractivity contribution is 7.25. The van der Waals surface area contributed by atoms with Crippen molar-refractivity contribution in [3.05, 3.63) is 114 Å². The van der Waals surface area contributed by atoms with Crippen molar-refractivity contribution >= 4 is 69.8 Å². The van der Waals surface area contributed by atoms with Crippen LogP contribution in [0.25, 0.3) is 69.6 Å². The summed E-state index contributed by atoms with van der Waals surface area (Å²) in [5, 5.41) is 7.54. The summed E-state index contributed by atoms with van der Waals surface area (Å²) in [7, 11) is 0. The molecule has 0 radical (unpaired) electrons. The fraction of sp³-hybridized carbons (Fsp3) is 0.135. The summed E-state index contributed by atoms with van der Waals surface area (Å²) < 4.78 is 8.85. The smallest absolute Gasteiger partial charge is 0.136 e. The molecule has 1 aliphatic rings. The molecule has 0 fully saturated rings. The van der Waals surface area contributed by atoms with Crippen LogP contribution in [0.3, 0.4) is 0 Å². The number of allylic oxidation sites excluding steroid dienone is 4. The van der Waals surface area contributed by atoms with E-state index in [9.17, 15) is 0 Å². The average Bonchev–Trinajstić information content (AvgIpc) is 3.56. The van der Waals surface area contributed by atoms with Crippen LogP contribution in [0.15, 0.2) is 107 Å². The Kier molecular flexibility index (Phi) is 4.64. The Hall–Kier alpha value is -4.14. The molecule has 2 heterocycles. The third-order valence-corrected chi connectivity index (χ3v) is 10.1. The van der Waals surface area contributed by atoms with Gasteiger partial charge in [0.25, 0.3) is 0 Å². The van der Waals surface area contributed by atoms with Crippen LogP contribution in [0.4, 0.5) is 0 Å². The first kappa shape index (κ1) is 22.8. The summed E-state index contributed by atoms with van der Waals surface area (Å²) in [6.07, 6.45) is 4.41. The SMILES string of the molecule is C/C=C\C1=C(C)C(C)(C)c2cc(-c3ccc4sc5cc6ccc7oc8ccccc8c7c6cc5c4c3)ccc21. The maximum atomic E-state index is 6.20. The van der Waals surface area contributed by atoms with Crippen molar-refractivity contribution in [1.29, 1.82) is 0 Å². The van der Waals surface area contributed by atoms with Crippen molar-refractivity contribution in [2.75, 3.05) is 0 Å². The second-order valence-electron chi connectivity index (χ2n) is 11.3. The van der Waals surface area contributed by atoms with E-state index in [-0.39, 0.29) is 5.41 Å². The van der Waals surface area contributed by atoms with E-state index in [1.54, 1.807) is 0 Å². The Bertz CT molecular complexity index is 2210. The Labute approximate surface area is 231 Å². The largest absolute Gasteiger partial charge is 0.456 e. The third-order valence-electron chi connectivity index (χ3n) is 8.94. The van der Waals surface area contributed by atoms with Gasteiger partial charge in [-0.3, -0.25) is 0 Å². The first-order valence-electron chi connectivity index (χ1n) is 13.6. The molecule has 0 amide bonds. The third kappa shape index (κ3) is 3.13. The molecule has 0 bridgehead atoms. The lowest BCUT2D eigenvalue weighted by Gasteiger charge is -2.23. The molecule has 39 heavy (non-hydrogen) atoms. The average molecular weight is 521 g/mol. The molecule has 2 aromatic heterocycles. The van der Waals surface area contributed by atoms with Crippen LogP contribution < -0.4 is 0 Å². The number of hydrogen-bond acceptors (Lipinski definition) is 2. The lowest BCUT2D eigenvalue weighted by molar-refractivity contribution is 0.639. The molecule has 0 saturated carbocycles. The molecule has 8 rings (SSSR count). The van der Waals surface area contributed by atoms with Gasteiger partial charge >= 0.3 is 0 Å². The van der Waals surface area contributed by atoms with Crippen LogP contribution in [0.5, 0.6) is 0 Å². The molecule has 0 unspecified atom stereocenters. The van der Waals surface area contributed by atoms with Crippen molar-refractivity contribution in [2.24, 2.45) is 0 Å². The van der Waals surface area contributed by atoms with E-state index in [4.69, 9.17) is 4.42 Å². The predicted molar refractivity (Wildman–Crippen MR) is 170 cm³/mol. The zero-order chi connectivity index (χ0) is 26.5. The van der Waals surface area contributed by atoms with Gasteiger partial charge in [-0.2, -0.15) is 0 Å². The van der Waals surface area contributed by atoms with E-state index in [1.165, 1.54) is 75.1 Å². The number of benzene rings is 5. The Morgan fingerprint density at radius 2 is 1.51 bits per heavy atom. The summed E-state index contributed by atoms with van der Waals surface area (Å²) in [6.45, 7) is 9.08. The fourth-order valence-corrected chi connectivity index (χ4v) is 7.71. The maximum Gasteiger partial charge on any atom is 0.136 e. The van der Waals surface area contributed by atoms with Crippen molar-refractivity contribution in [2.45, 2.75) is 33.1 Å². The number of para-hydroxylation sites is 1. The Morgan fingerprint density at radius 3 is 2.38 bits per heavy atom. The van der Waals surface area contributed by atoms with Crippen LogP contribution in [0.2, 0.25) is 0 Å². The first-order chi connectivity index (χ1) is 18.9. The minimum atomic E-state index is 0.0248. The van der Waals surface area contributed by atoms with Crippen LogP contribution in [-0.4, -0.2) is 0 Å². The van der Waals surface area contributed by atoms with Gasteiger partial charge in [-0.1, -0.05) is 74.0 Å². The van der Waals surface area contributed by atoms with Gasteiger partial charge in [0, 0.05) is 36.4 Å². The van der Waals surface area contributed by atoms with Crippen LogP contribution >= 0.6 is 11.3 Å². The molecule has 0 aliphatic heterocycles. The fourth-order valence-electron chi connectivity index (χ4n) is 6.60. The highest BCUT2D eigenvalue weighted by Crippen LogP contribution is 2.48. The van der Waals surface area contributed by atoms with Crippen LogP contribution in [0, 0.1) is 0 Å². The number of thiophene rings is 1. The molecule has 5 aromatic carbocycles. The highest BCUT2D eigenvalue weighted by atomic mass is 32.1. The van der Waals surface area contributed by atoms with E-state index < -0.39 is 0 Å². The first-order valence-corrected chi connectivity index (χ1v) is 14.5. The topological polar surface area (TPSA) is 13.1 Å². The quantitative estimate of drug-likeness (QED) is 0.221. The van der Waals surface area contributed by atoms with Gasteiger partial charge in [0.15, 0.2) is 0 Å². The molecule has 1 aliphatic carbocycles. The van der Waals surface area contributed by atoms with Crippen molar-refractivity contribution in [3.63, 3.8) is 0 Å². The van der Waals surface area contributed by atoms with E-state index >= 15 is 0 Å². The molecule has 188 valence electrons. The molecular weight excluding hydrogens is 492 g/mol. The second-order valence-corrected chi connectivity index (χ2v) is 12.4. The lowest BCUT2D eigenvalue weighted by Crippen LogP contribution is -2.15. The summed E-state index contributed by atoms with van der Waals surface area (Å²) >= 11 is 1.88. The van der Waals surface area contributed by atoms with Gasteiger partial charge < -0.3 is 4.42 Å². The second kappa shape index (κ2) is 7.94. The van der Waals surface area contributed by atoms with Gasteiger partial charge in [-0.15, -0.1) is 11.3 Å². The van der Waals surface area contributed by atoms with Gasteiger partial charge in [0.2, 0.25) is 0 Å². The monoisotopic (exact) mass is 520 g/mol. The molecular formula is C37H28OS. The number of fused-ring (bicyclic) bond motifs is 9. The Morgan fingerprint density at radius 1 is 0.718 bits per heavy atom. The molecule has 0 N–H and O–H groups in total. The van der Waals surface area contributed by atoms with Gasteiger partial charge in [0.05, 0.1) is 0 Å². The van der Waals surface area contributed by atoms with E-state index in [1.807, 2.05) is 17.4 Å². The molecule has 0 saturated heterocycles. The van der Waals surface area contributed by atoms with E-state index in [2.05, 4.69) is 119 Å². The van der Waals surface area contributed by atoms with Gasteiger partial charge in [-0.25, -0.2) is 0 Å². The predicted octanol–water partition coefficient (Wildman–Crippen LogP) is 11.4. The highest BCUT2D eigenvalue weighted by Gasteiger charge is 2.34. The molecule has 2 heteroatoms. The number of furan rings is 1. The van der Waals surface area contributed by atoms with Gasteiger partial charge in [-0.05, 0) is 94.9 Å². The minimum absolute atomic E-state index is 0.0248. The number of hydrogen-bond donors (Lipinski definition) is 0. The van der Waals surface area contributed by atoms with E-state index in [0.29, 0.717) is 0 Å². The summed E-state index contributed by atoms with van der Waals surface area (Å²) in [4.78, 5) is 0. The standard InChI is InChI=1S/C37H28OS/c1-5-8-25-21(2)37(3,4)31-18-23(11-14-26(25)31)22-13-16-34-29(17-22)30-20-28-24(19-35(30)39-34)12-15-33-36(28)27-9-6-7-10-32(27)38-33/h5-20H,1-4H3/b8-5-. The zero-order valence-electron chi connectivity index (χ0n) is 22.6. The molecule has 7 aromatic rings. The maximum absolute atomic E-state index is 6.20. The van der Waals surface area contributed by atoms with Crippen molar-refractivity contribution in [3.8, 4) is 11.1 Å². The molecule has 0 atom stereocenters. The van der Waals surface area contributed by atoms with Crippen LogP contribution in [0.1, 0.15) is 38.8 Å². The lowest BCUT2D eigenvalue weighted by atomic mass is 9.81. The summed E-state index contributed by atoms with van der Waals surface area (Å²) in [6, 6.07) is 31.4. The van der Waals surface area contributed by atoms with Crippen molar-refractivity contribution < 1.29 is 4.42 Å². The number of rotatable bonds is 2. The Balaban J connectivity index is 1.34. The summed E-state index contributed by atoms with van der Waals surface area (Å²) in [5.41, 5.74) is 10.1.